The fourth-order valence-corrected chi connectivity index (χ4v) is 5.36. The van der Waals surface area contributed by atoms with Crippen molar-refractivity contribution >= 4 is 39.1 Å². The lowest BCUT2D eigenvalue weighted by Gasteiger charge is -2.15. The predicted octanol–water partition coefficient (Wildman–Crippen LogP) is 4.33. The lowest BCUT2D eigenvalue weighted by molar-refractivity contribution is -0.121. The van der Waals surface area contributed by atoms with E-state index < -0.39 is 0 Å². The number of carbonyl (C=O) groups excluding carboxylic acids is 1. The topological polar surface area (TPSA) is 74.8 Å². The Bertz CT molecular complexity index is 1090. The number of benzene rings is 1. The average molecular weight is 416 g/mol. The third-order valence-electron chi connectivity index (χ3n) is 5.21. The van der Waals surface area contributed by atoms with Crippen LogP contribution in [-0.4, -0.2) is 15.9 Å². The Morgan fingerprint density at radius 1 is 1.32 bits per heavy atom. The molecule has 28 heavy (non-hydrogen) atoms. The summed E-state index contributed by atoms with van der Waals surface area (Å²) >= 11 is 7.82. The number of nitrogens with zero attached hydrogens (tertiary/aromatic N) is 1. The zero-order valence-corrected chi connectivity index (χ0v) is 17.3. The van der Waals surface area contributed by atoms with E-state index in [1.807, 2.05) is 31.2 Å². The second kappa shape index (κ2) is 8.05. The number of hydrogen-bond acceptors (Lipinski definition) is 4. The van der Waals surface area contributed by atoms with E-state index in [0.29, 0.717) is 17.3 Å². The molecule has 1 atom stereocenters. The number of fused-ring (bicyclic) bond motifs is 3. The molecule has 0 aliphatic heterocycles. The van der Waals surface area contributed by atoms with Crippen molar-refractivity contribution < 1.29 is 4.79 Å². The summed E-state index contributed by atoms with van der Waals surface area (Å²) in [6, 6.07) is 7.29. The first-order chi connectivity index (χ1) is 13.5. The number of amides is 1. The Morgan fingerprint density at radius 3 is 2.93 bits per heavy atom. The number of aromatic amines is 1. The summed E-state index contributed by atoms with van der Waals surface area (Å²) in [7, 11) is 0. The van der Waals surface area contributed by atoms with Crippen molar-refractivity contribution in [1.29, 1.82) is 0 Å². The number of thiophene rings is 1. The highest BCUT2D eigenvalue weighted by atomic mass is 35.5. The first-order valence-corrected chi connectivity index (χ1v) is 10.8. The molecule has 1 amide bonds. The molecule has 5 nitrogen and oxygen atoms in total. The minimum atomic E-state index is -0.181. The SMILES string of the molecule is C[C@@H](NC(=O)CCc1nc2sc3c(c2c(=O)[nH]1)CCCC3)c1ccccc1Cl. The summed E-state index contributed by atoms with van der Waals surface area (Å²) < 4.78 is 0. The lowest BCUT2D eigenvalue weighted by Crippen LogP contribution is -2.27. The van der Waals surface area contributed by atoms with E-state index in [2.05, 4.69) is 15.3 Å². The summed E-state index contributed by atoms with van der Waals surface area (Å²) in [6.45, 7) is 1.90. The first-order valence-electron chi connectivity index (χ1n) is 9.60. The Kier molecular flexibility index (Phi) is 5.51. The van der Waals surface area contributed by atoms with Gasteiger partial charge in [0, 0.05) is 22.7 Å². The fraction of sp³-hybridized carbons (Fsp3) is 0.381. The van der Waals surface area contributed by atoms with Crippen molar-refractivity contribution in [3.63, 3.8) is 0 Å². The van der Waals surface area contributed by atoms with Crippen LogP contribution in [-0.2, 0) is 24.1 Å². The molecule has 4 rings (SSSR count). The number of nitrogens with one attached hydrogen (secondary N) is 2. The van der Waals surface area contributed by atoms with Crippen LogP contribution in [0.25, 0.3) is 10.2 Å². The molecule has 2 N–H and O–H groups in total. The largest absolute Gasteiger partial charge is 0.350 e. The van der Waals surface area contributed by atoms with E-state index >= 15 is 0 Å². The molecule has 2 heterocycles. The molecule has 0 radical (unpaired) electrons. The molecule has 0 fully saturated rings. The molecule has 7 heteroatoms. The molecule has 0 saturated carbocycles. The maximum Gasteiger partial charge on any atom is 0.259 e. The molecular formula is C21H22ClN3O2S. The maximum atomic E-state index is 12.6. The normalized spacial score (nSPS) is 14.6. The van der Waals surface area contributed by atoms with Gasteiger partial charge in [0.05, 0.1) is 11.4 Å². The van der Waals surface area contributed by atoms with Crippen LogP contribution in [0.15, 0.2) is 29.1 Å². The zero-order valence-electron chi connectivity index (χ0n) is 15.7. The van der Waals surface area contributed by atoms with Gasteiger partial charge in [-0.25, -0.2) is 4.98 Å². The molecule has 0 saturated heterocycles. The molecule has 0 spiro atoms. The highest BCUT2D eigenvalue weighted by molar-refractivity contribution is 7.18. The molecule has 2 aromatic heterocycles. The fourth-order valence-electron chi connectivity index (χ4n) is 3.78. The average Bonchev–Trinajstić information content (AvgIpc) is 3.05. The summed E-state index contributed by atoms with van der Waals surface area (Å²) in [5.41, 5.74) is 1.98. The van der Waals surface area contributed by atoms with Gasteiger partial charge in [0.1, 0.15) is 10.7 Å². The minimum Gasteiger partial charge on any atom is -0.350 e. The molecule has 146 valence electrons. The Morgan fingerprint density at radius 2 is 2.11 bits per heavy atom. The van der Waals surface area contributed by atoms with Crippen LogP contribution >= 0.6 is 22.9 Å². The second-order valence-electron chi connectivity index (χ2n) is 7.21. The van der Waals surface area contributed by atoms with Crippen LogP contribution in [0.4, 0.5) is 0 Å². The highest BCUT2D eigenvalue weighted by Crippen LogP contribution is 2.33. The van der Waals surface area contributed by atoms with Crippen molar-refractivity contribution in [3.8, 4) is 0 Å². The van der Waals surface area contributed by atoms with Crippen molar-refractivity contribution in [3.05, 3.63) is 61.5 Å². The smallest absolute Gasteiger partial charge is 0.259 e. The number of rotatable bonds is 5. The molecule has 1 aromatic carbocycles. The minimum absolute atomic E-state index is 0.0794. The molecule has 0 bridgehead atoms. The van der Waals surface area contributed by atoms with E-state index in [1.54, 1.807) is 11.3 Å². The summed E-state index contributed by atoms with van der Waals surface area (Å²) in [5.74, 6) is 0.470. The van der Waals surface area contributed by atoms with E-state index in [0.717, 1.165) is 35.0 Å². The van der Waals surface area contributed by atoms with Gasteiger partial charge in [0.2, 0.25) is 5.91 Å². The second-order valence-corrected chi connectivity index (χ2v) is 8.71. The van der Waals surface area contributed by atoms with Gasteiger partial charge < -0.3 is 10.3 Å². The Balaban J connectivity index is 1.44. The molecule has 3 aromatic rings. The van der Waals surface area contributed by atoms with E-state index in [4.69, 9.17) is 11.6 Å². The number of aromatic nitrogens is 2. The third-order valence-corrected chi connectivity index (χ3v) is 6.74. The molecular weight excluding hydrogens is 394 g/mol. The standard InChI is InChI=1S/C21H22ClN3O2S/c1-12(13-6-2-4-8-15(13)22)23-18(26)11-10-17-24-20(27)19-14-7-3-5-9-16(14)28-21(19)25-17/h2,4,6,8,12H,3,5,7,9-11H2,1H3,(H,23,26)(H,24,25,27)/t12-/m1/s1. The number of H-pyrrole nitrogens is 1. The van der Waals surface area contributed by atoms with E-state index in [9.17, 15) is 9.59 Å². The van der Waals surface area contributed by atoms with Gasteiger partial charge >= 0.3 is 0 Å². The molecule has 0 unspecified atom stereocenters. The Hall–Kier alpha value is -2.18. The van der Waals surface area contributed by atoms with Crippen molar-refractivity contribution in [2.45, 2.75) is 51.5 Å². The van der Waals surface area contributed by atoms with Gasteiger partial charge in [-0.3, -0.25) is 9.59 Å². The van der Waals surface area contributed by atoms with E-state index in [-0.39, 0.29) is 23.9 Å². The zero-order chi connectivity index (χ0) is 19.7. The highest BCUT2D eigenvalue weighted by Gasteiger charge is 2.20. The monoisotopic (exact) mass is 415 g/mol. The summed E-state index contributed by atoms with van der Waals surface area (Å²) in [4.78, 5) is 34.5. The molecule has 1 aliphatic carbocycles. The van der Waals surface area contributed by atoms with Gasteiger partial charge in [-0.1, -0.05) is 29.8 Å². The van der Waals surface area contributed by atoms with Crippen LogP contribution in [0, 0.1) is 0 Å². The number of carbonyl (C=O) groups is 1. The van der Waals surface area contributed by atoms with Crippen LogP contribution in [0.3, 0.4) is 0 Å². The number of halogens is 1. The van der Waals surface area contributed by atoms with Crippen LogP contribution in [0.5, 0.6) is 0 Å². The van der Waals surface area contributed by atoms with Crippen molar-refractivity contribution in [2.75, 3.05) is 0 Å². The summed E-state index contributed by atoms with van der Waals surface area (Å²) in [6.07, 6.45) is 4.95. The van der Waals surface area contributed by atoms with Gasteiger partial charge in [0.25, 0.3) is 5.56 Å². The maximum absolute atomic E-state index is 12.6. The predicted molar refractivity (Wildman–Crippen MR) is 113 cm³/mol. The van der Waals surface area contributed by atoms with Crippen LogP contribution < -0.4 is 10.9 Å². The van der Waals surface area contributed by atoms with Gasteiger partial charge in [-0.2, -0.15) is 0 Å². The van der Waals surface area contributed by atoms with Crippen molar-refractivity contribution in [1.82, 2.24) is 15.3 Å². The van der Waals surface area contributed by atoms with Crippen molar-refractivity contribution in [2.24, 2.45) is 0 Å². The van der Waals surface area contributed by atoms with Gasteiger partial charge in [0.15, 0.2) is 0 Å². The summed E-state index contributed by atoms with van der Waals surface area (Å²) in [5, 5.41) is 4.34. The van der Waals surface area contributed by atoms with E-state index in [1.165, 1.54) is 16.9 Å². The van der Waals surface area contributed by atoms with Crippen LogP contribution in [0.2, 0.25) is 5.02 Å². The number of aryl methyl sites for hydroxylation is 3. The van der Waals surface area contributed by atoms with Gasteiger partial charge in [-0.15, -0.1) is 11.3 Å². The third kappa shape index (κ3) is 3.84. The Labute approximate surface area is 172 Å². The lowest BCUT2D eigenvalue weighted by atomic mass is 9.97. The first kappa shape index (κ1) is 19.2. The quantitative estimate of drug-likeness (QED) is 0.651. The molecule has 1 aliphatic rings. The number of hydrogen-bond donors (Lipinski definition) is 2. The van der Waals surface area contributed by atoms with Crippen LogP contribution in [0.1, 0.15) is 54.1 Å². The van der Waals surface area contributed by atoms with Gasteiger partial charge in [-0.05, 0) is 49.8 Å².